The van der Waals surface area contributed by atoms with Crippen molar-refractivity contribution < 1.29 is 38.4 Å². The van der Waals surface area contributed by atoms with Crippen molar-refractivity contribution >= 4 is 11.8 Å². The van der Waals surface area contributed by atoms with E-state index in [1.165, 1.54) is 35.4 Å². The summed E-state index contributed by atoms with van der Waals surface area (Å²) in [4.78, 5) is 26.1. The zero-order chi connectivity index (χ0) is 23.8. The van der Waals surface area contributed by atoms with Gasteiger partial charge in [0.25, 0.3) is 0 Å². The molecule has 1 fully saturated rings. The van der Waals surface area contributed by atoms with Crippen molar-refractivity contribution in [2.45, 2.75) is 37.9 Å². The van der Waals surface area contributed by atoms with Gasteiger partial charge in [-0.3, -0.25) is 9.59 Å². The van der Waals surface area contributed by atoms with Gasteiger partial charge in [-0.1, -0.05) is 13.0 Å². The van der Waals surface area contributed by atoms with Crippen molar-refractivity contribution in [3.8, 4) is 17.2 Å². The van der Waals surface area contributed by atoms with Gasteiger partial charge in [-0.15, -0.1) is 6.58 Å². The van der Waals surface area contributed by atoms with Crippen LogP contribution in [-0.4, -0.2) is 57.0 Å². The van der Waals surface area contributed by atoms with Gasteiger partial charge >= 0.3 is 5.97 Å². The molecule has 0 saturated heterocycles. The number of Topliss-reactive ketones (excluding diaryl/α,β-unsaturated/α-hetero) is 1. The molecule has 0 spiro atoms. The molecule has 3 rings (SSSR count). The fourth-order valence-corrected chi connectivity index (χ4v) is 5.41. The van der Waals surface area contributed by atoms with Crippen LogP contribution < -0.4 is 9.47 Å². The zero-order valence-electron chi connectivity index (χ0n) is 19.3. The molecule has 2 bridgehead atoms. The molecule has 1 N–H and O–H groups in total. The fraction of sp³-hybridized carbons (Fsp3) is 0.500. The lowest BCUT2D eigenvalue weighted by Gasteiger charge is -2.42. The predicted octanol–water partition coefficient (Wildman–Crippen LogP) is 3.14. The standard InChI is InChI=1S/C24H30O8/c1-8-9-23-12-18(30-6)21(32-14(3)25)24(31-7,22(23)27)19(13(23)2)15-10-16(28-4)20(26)17(11-15)29-5/h8,10-13,19,21,26H,1,9H2,2-7H3. The Labute approximate surface area is 187 Å². The maximum Gasteiger partial charge on any atom is 0.303 e. The summed E-state index contributed by atoms with van der Waals surface area (Å²) in [6.45, 7) is 7.06. The molecular weight excluding hydrogens is 416 g/mol. The second-order valence-electron chi connectivity index (χ2n) is 8.14. The third-order valence-corrected chi connectivity index (χ3v) is 6.80. The van der Waals surface area contributed by atoms with Gasteiger partial charge in [0.05, 0.1) is 26.7 Å². The van der Waals surface area contributed by atoms with E-state index in [4.69, 9.17) is 23.7 Å². The zero-order valence-corrected chi connectivity index (χ0v) is 19.3. The molecule has 0 aromatic heterocycles. The van der Waals surface area contributed by atoms with Gasteiger partial charge in [0.15, 0.2) is 29.0 Å². The summed E-state index contributed by atoms with van der Waals surface area (Å²) >= 11 is 0. The van der Waals surface area contributed by atoms with Gasteiger partial charge in [0.2, 0.25) is 5.75 Å². The first-order chi connectivity index (χ1) is 15.2. The maximum atomic E-state index is 14.1. The van der Waals surface area contributed by atoms with Crippen LogP contribution in [0.25, 0.3) is 0 Å². The highest BCUT2D eigenvalue weighted by Gasteiger charge is 2.73. The monoisotopic (exact) mass is 446 g/mol. The third kappa shape index (κ3) is 3.08. The number of fused-ring (bicyclic) bond motifs is 2. The second kappa shape index (κ2) is 8.50. The van der Waals surface area contributed by atoms with Gasteiger partial charge in [-0.25, -0.2) is 0 Å². The van der Waals surface area contributed by atoms with E-state index < -0.39 is 29.0 Å². The van der Waals surface area contributed by atoms with Crippen molar-refractivity contribution in [2.75, 3.05) is 28.4 Å². The van der Waals surface area contributed by atoms with E-state index in [2.05, 4.69) is 6.58 Å². The third-order valence-electron chi connectivity index (χ3n) is 6.80. The molecule has 1 aromatic rings. The Morgan fingerprint density at radius 2 is 1.75 bits per heavy atom. The Hall–Kier alpha value is -3.00. The van der Waals surface area contributed by atoms with Crippen LogP contribution in [0, 0.1) is 11.3 Å². The fourth-order valence-electron chi connectivity index (χ4n) is 5.41. The van der Waals surface area contributed by atoms with Crippen LogP contribution in [0.15, 0.2) is 36.6 Å². The first-order valence-corrected chi connectivity index (χ1v) is 10.3. The lowest BCUT2D eigenvalue weighted by Crippen LogP contribution is -2.58. The summed E-state index contributed by atoms with van der Waals surface area (Å²) in [5, 5.41) is 10.4. The Kier molecular flexibility index (Phi) is 6.29. The molecule has 5 atom stereocenters. The van der Waals surface area contributed by atoms with Crippen LogP contribution in [0.5, 0.6) is 17.2 Å². The molecule has 32 heavy (non-hydrogen) atoms. The van der Waals surface area contributed by atoms with Crippen molar-refractivity contribution in [3.05, 3.63) is 42.2 Å². The largest absolute Gasteiger partial charge is 0.502 e. The normalized spacial score (nSPS) is 31.0. The molecule has 0 aliphatic heterocycles. The Morgan fingerprint density at radius 1 is 1.16 bits per heavy atom. The number of allylic oxidation sites excluding steroid dienone is 2. The molecule has 1 aromatic carbocycles. The summed E-state index contributed by atoms with van der Waals surface area (Å²) in [6.07, 6.45) is 2.67. The molecule has 0 amide bonds. The van der Waals surface area contributed by atoms with Crippen LogP contribution in [0.2, 0.25) is 0 Å². The highest BCUT2D eigenvalue weighted by molar-refractivity contribution is 6.01. The molecule has 1 saturated carbocycles. The van der Waals surface area contributed by atoms with Gasteiger partial charge in [-0.05, 0) is 36.1 Å². The summed E-state index contributed by atoms with van der Waals surface area (Å²) < 4.78 is 27.9. The minimum Gasteiger partial charge on any atom is -0.502 e. The predicted molar refractivity (Wildman–Crippen MR) is 116 cm³/mol. The molecule has 5 unspecified atom stereocenters. The smallest absolute Gasteiger partial charge is 0.303 e. The van der Waals surface area contributed by atoms with Crippen molar-refractivity contribution in [1.82, 2.24) is 0 Å². The second-order valence-corrected chi connectivity index (χ2v) is 8.14. The Bertz CT molecular complexity index is 942. The number of hydrogen-bond acceptors (Lipinski definition) is 8. The van der Waals surface area contributed by atoms with Crippen molar-refractivity contribution in [3.63, 3.8) is 0 Å². The average Bonchev–Trinajstić information content (AvgIpc) is 2.89. The van der Waals surface area contributed by atoms with Gasteiger partial charge in [-0.2, -0.15) is 0 Å². The lowest BCUT2D eigenvalue weighted by atomic mass is 9.70. The summed E-state index contributed by atoms with van der Waals surface area (Å²) in [5.41, 5.74) is -1.92. The summed E-state index contributed by atoms with van der Waals surface area (Å²) in [7, 11) is 5.75. The van der Waals surface area contributed by atoms with E-state index in [1.54, 1.807) is 24.3 Å². The number of aromatic hydroxyl groups is 1. The molecule has 0 radical (unpaired) electrons. The quantitative estimate of drug-likeness (QED) is 0.480. The highest BCUT2D eigenvalue weighted by Crippen LogP contribution is 2.64. The van der Waals surface area contributed by atoms with E-state index in [1.807, 2.05) is 6.92 Å². The van der Waals surface area contributed by atoms with Crippen LogP contribution in [0.4, 0.5) is 0 Å². The Morgan fingerprint density at radius 3 is 2.19 bits per heavy atom. The average molecular weight is 446 g/mol. The van der Waals surface area contributed by atoms with Crippen LogP contribution in [0.3, 0.4) is 0 Å². The van der Waals surface area contributed by atoms with Crippen LogP contribution in [-0.2, 0) is 23.8 Å². The number of rotatable bonds is 8. The number of esters is 1. The van der Waals surface area contributed by atoms with E-state index in [-0.39, 0.29) is 28.9 Å². The number of phenolic OH excluding ortho intramolecular Hbond substituents is 1. The molecule has 2 aliphatic rings. The molecular formula is C24H30O8. The highest BCUT2D eigenvalue weighted by atomic mass is 16.6. The number of benzene rings is 1. The SMILES string of the molecule is C=CCC12C=C(OC)C(OC(C)=O)C(OC)(C1=O)C(c1cc(OC)c(O)c(OC)c1)C2C. The maximum absolute atomic E-state index is 14.1. The van der Waals surface area contributed by atoms with Crippen molar-refractivity contribution in [1.29, 1.82) is 0 Å². The first kappa shape index (κ1) is 23.7. The molecule has 2 aliphatic carbocycles. The van der Waals surface area contributed by atoms with E-state index in [0.29, 0.717) is 17.7 Å². The number of ketones is 1. The van der Waals surface area contributed by atoms with E-state index in [9.17, 15) is 14.7 Å². The molecule has 174 valence electrons. The number of ether oxygens (including phenoxy) is 5. The van der Waals surface area contributed by atoms with Crippen molar-refractivity contribution in [2.24, 2.45) is 11.3 Å². The molecule has 8 heteroatoms. The van der Waals surface area contributed by atoms with Gasteiger partial charge in [0, 0.05) is 20.0 Å². The molecule has 0 heterocycles. The van der Waals surface area contributed by atoms with Gasteiger partial charge in [0.1, 0.15) is 5.76 Å². The first-order valence-electron chi connectivity index (χ1n) is 10.3. The number of carbonyl (C=O) groups is 2. The van der Waals surface area contributed by atoms with Gasteiger partial charge < -0.3 is 28.8 Å². The molecule has 8 nitrogen and oxygen atoms in total. The van der Waals surface area contributed by atoms with E-state index >= 15 is 0 Å². The van der Waals surface area contributed by atoms with Crippen LogP contribution in [0.1, 0.15) is 31.7 Å². The summed E-state index contributed by atoms with van der Waals surface area (Å²) in [5.74, 6) is -1.12. The number of phenols is 1. The number of hydrogen-bond donors (Lipinski definition) is 1. The van der Waals surface area contributed by atoms with E-state index in [0.717, 1.165) is 0 Å². The minimum atomic E-state index is -1.57. The minimum absolute atomic E-state index is 0.154. The Balaban J connectivity index is 2.36. The number of carbonyl (C=O) groups excluding carboxylic acids is 2. The topological polar surface area (TPSA) is 101 Å². The van der Waals surface area contributed by atoms with Crippen LogP contribution >= 0.6 is 0 Å². The lowest BCUT2D eigenvalue weighted by molar-refractivity contribution is -0.177. The summed E-state index contributed by atoms with van der Waals surface area (Å²) in [6, 6.07) is 3.29. The number of methoxy groups -OCH3 is 4.